The van der Waals surface area contributed by atoms with E-state index in [9.17, 15) is 13.2 Å². The van der Waals surface area contributed by atoms with Crippen molar-refractivity contribution in [2.45, 2.75) is 36.6 Å². The number of piperidine rings is 1. The summed E-state index contributed by atoms with van der Waals surface area (Å²) in [6.07, 6.45) is 3.13. The van der Waals surface area contributed by atoms with Crippen molar-refractivity contribution < 1.29 is 13.2 Å². The van der Waals surface area contributed by atoms with E-state index in [1.165, 1.54) is 7.05 Å². The molecule has 0 saturated carbocycles. The summed E-state index contributed by atoms with van der Waals surface area (Å²) in [5, 5.41) is 6.29. The van der Waals surface area contributed by atoms with Crippen LogP contribution >= 0.6 is 12.4 Å². The number of carbonyl (C=O) groups excluding carboxylic acids is 1. The largest absolute Gasteiger partial charge is 0.352 e. The zero-order valence-corrected chi connectivity index (χ0v) is 14.8. The molecular formula is C15H24ClN3O3S. The standard InChI is InChI=1S/C15H23N3O3S.ClH/c1-16-22(20,21)14-7-4-12(5-8-14)6-9-15(19)18-13-3-2-10-17-11-13;/h4-5,7-8,13,16-17H,2-3,6,9-11H2,1H3,(H,18,19);1H. The maximum absolute atomic E-state index is 11.9. The number of hydrogen-bond donors (Lipinski definition) is 3. The molecule has 1 fully saturated rings. The van der Waals surface area contributed by atoms with Gasteiger partial charge >= 0.3 is 0 Å². The van der Waals surface area contributed by atoms with E-state index in [-0.39, 0.29) is 29.3 Å². The van der Waals surface area contributed by atoms with Crippen molar-refractivity contribution in [1.29, 1.82) is 0 Å². The first kappa shape index (κ1) is 19.9. The Labute approximate surface area is 143 Å². The second-order valence-corrected chi connectivity index (χ2v) is 7.35. The average molecular weight is 362 g/mol. The molecular weight excluding hydrogens is 338 g/mol. The molecule has 6 nitrogen and oxygen atoms in total. The number of benzene rings is 1. The molecule has 1 heterocycles. The van der Waals surface area contributed by atoms with Gasteiger partial charge in [0.05, 0.1) is 4.90 Å². The second kappa shape index (κ2) is 9.22. The molecule has 0 aliphatic carbocycles. The first-order valence-corrected chi connectivity index (χ1v) is 9.02. The molecule has 1 aliphatic rings. The number of rotatable bonds is 6. The van der Waals surface area contributed by atoms with Gasteiger partial charge in [0.15, 0.2) is 0 Å². The van der Waals surface area contributed by atoms with Crippen molar-refractivity contribution in [2.24, 2.45) is 0 Å². The van der Waals surface area contributed by atoms with Gasteiger partial charge in [0.2, 0.25) is 15.9 Å². The van der Waals surface area contributed by atoms with Gasteiger partial charge in [-0.15, -0.1) is 12.4 Å². The number of amides is 1. The number of sulfonamides is 1. The van der Waals surface area contributed by atoms with Crippen LogP contribution in [0.15, 0.2) is 29.2 Å². The molecule has 2 rings (SSSR count). The van der Waals surface area contributed by atoms with Crippen LogP contribution in [0.2, 0.25) is 0 Å². The Morgan fingerprint density at radius 2 is 2.00 bits per heavy atom. The Bertz CT molecular complexity index is 599. The summed E-state index contributed by atoms with van der Waals surface area (Å²) in [7, 11) is -2.02. The third kappa shape index (κ3) is 6.10. The van der Waals surface area contributed by atoms with Crippen LogP contribution in [0.4, 0.5) is 0 Å². The van der Waals surface area contributed by atoms with E-state index in [0.29, 0.717) is 12.8 Å². The Morgan fingerprint density at radius 1 is 1.30 bits per heavy atom. The van der Waals surface area contributed by atoms with Gasteiger partial charge in [-0.1, -0.05) is 12.1 Å². The van der Waals surface area contributed by atoms with Crippen LogP contribution in [0, 0.1) is 0 Å². The van der Waals surface area contributed by atoms with Crippen molar-refractivity contribution in [3.8, 4) is 0 Å². The summed E-state index contributed by atoms with van der Waals surface area (Å²) >= 11 is 0. The van der Waals surface area contributed by atoms with E-state index < -0.39 is 10.0 Å². The predicted octanol–water partition coefficient (Wildman–Crippen LogP) is 0.817. The highest BCUT2D eigenvalue weighted by molar-refractivity contribution is 7.89. The average Bonchev–Trinajstić information content (AvgIpc) is 2.54. The van der Waals surface area contributed by atoms with Gasteiger partial charge in [-0.05, 0) is 50.6 Å². The first-order chi connectivity index (χ1) is 10.5. The molecule has 130 valence electrons. The molecule has 1 atom stereocenters. The summed E-state index contributed by atoms with van der Waals surface area (Å²) in [6, 6.07) is 6.84. The molecule has 1 aromatic rings. The third-order valence-electron chi connectivity index (χ3n) is 3.81. The molecule has 1 amide bonds. The van der Waals surface area contributed by atoms with Crippen LogP contribution < -0.4 is 15.4 Å². The maximum Gasteiger partial charge on any atom is 0.240 e. The van der Waals surface area contributed by atoms with Gasteiger partial charge in [-0.3, -0.25) is 4.79 Å². The highest BCUT2D eigenvalue weighted by Crippen LogP contribution is 2.11. The molecule has 23 heavy (non-hydrogen) atoms. The molecule has 0 bridgehead atoms. The van der Waals surface area contributed by atoms with Crippen LogP contribution in [0.1, 0.15) is 24.8 Å². The molecule has 0 aromatic heterocycles. The van der Waals surface area contributed by atoms with Gasteiger partial charge in [-0.2, -0.15) is 0 Å². The minimum Gasteiger partial charge on any atom is -0.352 e. The van der Waals surface area contributed by atoms with E-state index in [0.717, 1.165) is 31.5 Å². The lowest BCUT2D eigenvalue weighted by molar-refractivity contribution is -0.121. The lowest BCUT2D eigenvalue weighted by Gasteiger charge is -2.23. The Balaban J connectivity index is 0.00000264. The van der Waals surface area contributed by atoms with Crippen molar-refractivity contribution in [3.05, 3.63) is 29.8 Å². The molecule has 1 unspecified atom stereocenters. The molecule has 1 saturated heterocycles. The van der Waals surface area contributed by atoms with Crippen LogP contribution in [-0.2, 0) is 21.2 Å². The summed E-state index contributed by atoms with van der Waals surface area (Å²) < 4.78 is 25.5. The van der Waals surface area contributed by atoms with Crippen molar-refractivity contribution in [1.82, 2.24) is 15.4 Å². The molecule has 1 aromatic carbocycles. The fourth-order valence-electron chi connectivity index (χ4n) is 2.49. The highest BCUT2D eigenvalue weighted by Gasteiger charge is 2.15. The van der Waals surface area contributed by atoms with E-state index in [1.54, 1.807) is 24.3 Å². The minimum atomic E-state index is -3.40. The fourth-order valence-corrected chi connectivity index (χ4v) is 3.22. The van der Waals surface area contributed by atoms with Gasteiger partial charge in [-0.25, -0.2) is 13.1 Å². The zero-order chi connectivity index (χ0) is 16.0. The summed E-state index contributed by atoms with van der Waals surface area (Å²) in [6.45, 7) is 1.86. The SMILES string of the molecule is CNS(=O)(=O)c1ccc(CCC(=O)NC2CCCNC2)cc1.Cl. The van der Waals surface area contributed by atoms with E-state index >= 15 is 0 Å². The van der Waals surface area contributed by atoms with E-state index in [2.05, 4.69) is 15.4 Å². The smallest absolute Gasteiger partial charge is 0.240 e. The molecule has 8 heteroatoms. The van der Waals surface area contributed by atoms with Crippen molar-refractivity contribution in [3.63, 3.8) is 0 Å². The lowest BCUT2D eigenvalue weighted by Crippen LogP contribution is -2.45. The highest BCUT2D eigenvalue weighted by atomic mass is 35.5. The summed E-state index contributed by atoms with van der Waals surface area (Å²) in [4.78, 5) is 12.1. The van der Waals surface area contributed by atoms with Crippen LogP contribution in [0.25, 0.3) is 0 Å². The number of halogens is 1. The van der Waals surface area contributed by atoms with E-state index in [1.807, 2.05) is 0 Å². The second-order valence-electron chi connectivity index (χ2n) is 5.46. The number of carbonyl (C=O) groups is 1. The van der Waals surface area contributed by atoms with Gasteiger partial charge < -0.3 is 10.6 Å². The van der Waals surface area contributed by atoms with Crippen LogP contribution in [-0.4, -0.2) is 40.5 Å². The topological polar surface area (TPSA) is 87.3 Å². The first-order valence-electron chi connectivity index (χ1n) is 7.54. The maximum atomic E-state index is 11.9. The molecule has 0 radical (unpaired) electrons. The Kier molecular flexibility index (Phi) is 7.98. The fraction of sp³-hybridized carbons (Fsp3) is 0.533. The normalized spacial score (nSPS) is 18.0. The van der Waals surface area contributed by atoms with Crippen molar-refractivity contribution >= 4 is 28.3 Å². The number of hydrogen-bond acceptors (Lipinski definition) is 4. The number of nitrogens with one attached hydrogen (secondary N) is 3. The monoisotopic (exact) mass is 361 g/mol. The molecule has 1 aliphatic heterocycles. The Morgan fingerprint density at radius 3 is 2.57 bits per heavy atom. The van der Waals surface area contributed by atoms with Gasteiger partial charge in [0.1, 0.15) is 0 Å². The zero-order valence-electron chi connectivity index (χ0n) is 13.2. The molecule has 3 N–H and O–H groups in total. The van der Waals surface area contributed by atoms with E-state index in [4.69, 9.17) is 0 Å². The van der Waals surface area contributed by atoms with Crippen LogP contribution in [0.3, 0.4) is 0 Å². The quantitative estimate of drug-likeness (QED) is 0.700. The number of aryl methyl sites for hydroxylation is 1. The molecule has 0 spiro atoms. The Hall–Kier alpha value is -1.15. The predicted molar refractivity (Wildman–Crippen MR) is 92.3 cm³/mol. The minimum absolute atomic E-state index is 0. The van der Waals surface area contributed by atoms with Crippen molar-refractivity contribution in [2.75, 3.05) is 20.1 Å². The van der Waals surface area contributed by atoms with Gasteiger partial charge in [0, 0.05) is 19.0 Å². The lowest BCUT2D eigenvalue weighted by atomic mass is 10.1. The van der Waals surface area contributed by atoms with Gasteiger partial charge in [0.25, 0.3) is 0 Å². The van der Waals surface area contributed by atoms with Crippen LogP contribution in [0.5, 0.6) is 0 Å². The summed E-state index contributed by atoms with van der Waals surface area (Å²) in [5.41, 5.74) is 0.951. The summed E-state index contributed by atoms with van der Waals surface area (Å²) in [5.74, 6) is 0.0422. The third-order valence-corrected chi connectivity index (χ3v) is 5.24.